The van der Waals surface area contributed by atoms with Crippen molar-refractivity contribution in [3.8, 4) is 0 Å². The van der Waals surface area contributed by atoms with Crippen LogP contribution in [0.2, 0.25) is 0 Å². The van der Waals surface area contributed by atoms with Crippen LogP contribution in [0.5, 0.6) is 0 Å². The van der Waals surface area contributed by atoms with Gasteiger partial charge < -0.3 is 28.6 Å². The van der Waals surface area contributed by atoms with Crippen LogP contribution < -0.4 is 0 Å². The van der Waals surface area contributed by atoms with Crippen molar-refractivity contribution >= 4 is 23.9 Å². The Balaban J connectivity index is 2.83. The van der Waals surface area contributed by atoms with Crippen LogP contribution in [-0.4, -0.2) is 105 Å². The predicted octanol–water partition coefficient (Wildman–Crippen LogP) is 19.5. The van der Waals surface area contributed by atoms with Gasteiger partial charge in [-0.2, -0.15) is 0 Å². The minimum Gasteiger partial charge on any atom is -0.466 e. The molecule has 1 aliphatic heterocycles. The van der Waals surface area contributed by atoms with Crippen LogP contribution in [0.25, 0.3) is 0 Å². The lowest BCUT2D eigenvalue weighted by atomic mass is 9.97. The fourth-order valence-corrected chi connectivity index (χ4v) is 11.7. The van der Waals surface area contributed by atoms with Gasteiger partial charge in [-0.25, -0.2) is 0 Å². The summed E-state index contributed by atoms with van der Waals surface area (Å²) in [5.74, 6) is -1.56. The maximum Gasteiger partial charge on any atom is 0.323 e. The molecule has 0 aromatic heterocycles. The molecule has 0 aromatic carbocycles. The van der Waals surface area contributed by atoms with E-state index in [4.69, 9.17) is 23.7 Å². The maximum atomic E-state index is 14.0. The molecule has 1 saturated heterocycles. The molecule has 0 aromatic rings. The number of hydrogen-bond donors (Lipinski definition) is 0. The van der Waals surface area contributed by atoms with Gasteiger partial charge in [0.1, 0.15) is 12.1 Å². The third kappa shape index (κ3) is 45.8. The van der Waals surface area contributed by atoms with Gasteiger partial charge in [-0.1, -0.05) is 253 Å². The van der Waals surface area contributed by atoms with Crippen LogP contribution in [-0.2, 0) is 42.9 Å². The van der Waals surface area contributed by atoms with E-state index in [2.05, 4.69) is 44.4 Å². The van der Waals surface area contributed by atoms with Crippen molar-refractivity contribution in [2.45, 2.75) is 380 Å². The normalized spacial score (nSPS) is 14.8. The van der Waals surface area contributed by atoms with Gasteiger partial charge in [0.25, 0.3) is 0 Å². The lowest BCUT2D eigenvalue weighted by molar-refractivity contribution is -0.259. The second-order valence-corrected chi connectivity index (χ2v) is 25.1. The molecule has 1 aliphatic rings. The molecule has 1 heterocycles. The summed E-state index contributed by atoms with van der Waals surface area (Å²) in [5, 5.41) is 0. The zero-order chi connectivity index (χ0) is 59.1. The van der Waals surface area contributed by atoms with Gasteiger partial charge in [-0.3, -0.25) is 24.1 Å². The molecular weight excluding hydrogens is 1010 g/mol. The largest absolute Gasteiger partial charge is 0.466 e. The molecule has 0 N–H and O–H groups in total. The number of ether oxygens (including phenoxy) is 5. The summed E-state index contributed by atoms with van der Waals surface area (Å²) < 4.78 is 31.4. The number of carbonyl (C=O) groups is 4. The number of carbonyl (C=O) groups excluding carboxylic acids is 4. The summed E-state index contributed by atoms with van der Waals surface area (Å²) >= 11 is 0. The first-order chi connectivity index (χ1) is 39.5. The van der Waals surface area contributed by atoms with Crippen LogP contribution in [0.15, 0.2) is 0 Å². The average Bonchev–Trinajstić information content (AvgIpc) is 3.88. The number of esters is 4. The third-order valence-corrected chi connectivity index (χ3v) is 16.8. The highest BCUT2D eigenvalue weighted by atomic mass is 16.7. The van der Waals surface area contributed by atoms with E-state index >= 15 is 0 Å². The lowest BCUT2D eigenvalue weighted by Gasteiger charge is -2.37. The van der Waals surface area contributed by atoms with E-state index in [1.54, 1.807) is 0 Å². The maximum absolute atomic E-state index is 14.0. The molecule has 478 valence electrons. The van der Waals surface area contributed by atoms with Gasteiger partial charge in [0.2, 0.25) is 5.79 Å². The molecule has 0 saturated carbocycles. The van der Waals surface area contributed by atoms with Crippen molar-refractivity contribution in [3.63, 3.8) is 0 Å². The Kier molecular flexibility index (Phi) is 52.7. The first-order valence-corrected chi connectivity index (χ1v) is 35.3. The lowest BCUT2D eigenvalue weighted by Crippen LogP contribution is -2.42. The van der Waals surface area contributed by atoms with E-state index in [0.29, 0.717) is 52.0 Å². The molecule has 0 spiro atoms. The Hall–Kier alpha value is -2.24. The smallest absolute Gasteiger partial charge is 0.323 e. The van der Waals surface area contributed by atoms with Crippen LogP contribution in [0.1, 0.15) is 356 Å². The van der Waals surface area contributed by atoms with Crippen molar-refractivity contribution in [2.24, 2.45) is 0 Å². The van der Waals surface area contributed by atoms with Crippen molar-refractivity contribution in [1.29, 1.82) is 0 Å². The zero-order valence-corrected chi connectivity index (χ0v) is 54.7. The second kappa shape index (κ2) is 55.6. The fraction of sp³-hybridized carbons (Fsp3) is 0.943. The van der Waals surface area contributed by atoms with Gasteiger partial charge in [0.15, 0.2) is 0 Å². The molecule has 0 radical (unpaired) electrons. The molecule has 1 rings (SSSR count). The molecule has 1 unspecified atom stereocenters. The quantitative estimate of drug-likeness (QED) is 0.0250. The molecule has 11 heteroatoms. The first-order valence-electron chi connectivity index (χ1n) is 35.3. The van der Waals surface area contributed by atoms with Crippen molar-refractivity contribution in [3.05, 3.63) is 0 Å². The highest BCUT2D eigenvalue weighted by Gasteiger charge is 2.40. The van der Waals surface area contributed by atoms with Gasteiger partial charge >= 0.3 is 23.9 Å². The van der Waals surface area contributed by atoms with Crippen molar-refractivity contribution in [1.82, 2.24) is 9.80 Å². The van der Waals surface area contributed by atoms with Crippen LogP contribution in [0.4, 0.5) is 0 Å². The molecule has 81 heavy (non-hydrogen) atoms. The van der Waals surface area contributed by atoms with Crippen molar-refractivity contribution in [2.75, 3.05) is 46.9 Å². The number of nitrogens with zero attached hydrogens (tertiary/aromatic N) is 2. The summed E-state index contributed by atoms with van der Waals surface area (Å²) in [7, 11) is 3.99. The Morgan fingerprint density at radius 2 is 0.840 bits per heavy atom. The summed E-state index contributed by atoms with van der Waals surface area (Å²) in [4.78, 5) is 57.1. The monoisotopic (exact) mass is 1150 g/mol. The van der Waals surface area contributed by atoms with Crippen LogP contribution >= 0.6 is 0 Å². The molecule has 11 nitrogen and oxygen atoms in total. The predicted molar refractivity (Wildman–Crippen MR) is 339 cm³/mol. The highest BCUT2D eigenvalue weighted by Crippen LogP contribution is 2.34. The first kappa shape index (κ1) is 76.8. The average molecular weight is 1150 g/mol. The van der Waals surface area contributed by atoms with Gasteiger partial charge in [0.05, 0.1) is 19.3 Å². The van der Waals surface area contributed by atoms with Crippen LogP contribution in [0.3, 0.4) is 0 Å². The standard InChI is InChI=1S/C70H134N2O9/c1-8-13-18-23-28-29-30-37-47-59-77-66(73)52-43-39-46-58-72-62-64(79-67(74)54-49-57-71(6)7)61-65(72)69(76)78-60-48-38-31-34-42-53-68(75)81-70(55-44-35-26-21-16-11-4,56-45-36-27-22-17-12-5)80-63(50-40-32-24-19-14-9-2)51-41-33-25-20-15-10-3/h63-65H,8-62H2,1-7H3/t64?,65-/m0/s1. The summed E-state index contributed by atoms with van der Waals surface area (Å²) in [6.45, 7) is 14.2. The SMILES string of the molecule is CCCCCCCCCCCOC(=O)CCCCCN1CC(OC(=O)CCCN(C)C)C[C@H]1C(=O)OCCCCCCCC(=O)OC(CCCCCCCC)(CCCCCCCC)OC(CCCCCCCC)CCCCCCCC. The second-order valence-electron chi connectivity index (χ2n) is 25.1. The van der Waals surface area contributed by atoms with E-state index in [-0.39, 0.29) is 36.1 Å². The van der Waals surface area contributed by atoms with Gasteiger partial charge in [0, 0.05) is 45.1 Å². The number of likely N-dealkylation sites (tertiary alicyclic amines) is 1. The van der Waals surface area contributed by atoms with Crippen molar-refractivity contribution < 1.29 is 42.9 Å². The number of unbranched alkanes of at least 4 members (excludes halogenated alkanes) is 34. The molecular formula is C70H134N2O9. The Morgan fingerprint density at radius 3 is 1.32 bits per heavy atom. The zero-order valence-electron chi connectivity index (χ0n) is 54.7. The Morgan fingerprint density at radius 1 is 0.444 bits per heavy atom. The number of hydrogen-bond acceptors (Lipinski definition) is 11. The van der Waals surface area contributed by atoms with E-state index in [1.807, 2.05) is 14.1 Å². The summed E-state index contributed by atoms with van der Waals surface area (Å²) in [6.07, 6.45) is 53.2. The topological polar surface area (TPSA) is 121 Å². The van der Waals surface area contributed by atoms with E-state index in [9.17, 15) is 19.2 Å². The van der Waals surface area contributed by atoms with Gasteiger partial charge in [-0.15, -0.1) is 0 Å². The van der Waals surface area contributed by atoms with E-state index in [1.165, 1.54) is 173 Å². The Labute approximate surface area is 501 Å². The summed E-state index contributed by atoms with van der Waals surface area (Å²) in [5.41, 5.74) is 0. The molecule has 0 amide bonds. The fourth-order valence-electron chi connectivity index (χ4n) is 11.7. The molecule has 1 fully saturated rings. The molecule has 0 bridgehead atoms. The van der Waals surface area contributed by atoms with Gasteiger partial charge in [-0.05, 0) is 91.4 Å². The highest BCUT2D eigenvalue weighted by molar-refractivity contribution is 5.76. The minimum absolute atomic E-state index is 0.112. The molecule has 0 aliphatic carbocycles. The Bertz CT molecular complexity index is 1410. The molecule has 2 atom stereocenters. The third-order valence-electron chi connectivity index (χ3n) is 16.8. The minimum atomic E-state index is -0.852. The summed E-state index contributed by atoms with van der Waals surface area (Å²) in [6, 6.07) is -0.462. The number of rotatable bonds is 61. The van der Waals surface area contributed by atoms with Crippen LogP contribution in [0, 0.1) is 0 Å². The van der Waals surface area contributed by atoms with E-state index in [0.717, 1.165) is 129 Å². The van der Waals surface area contributed by atoms with E-state index < -0.39 is 11.8 Å².